The number of carbonyl (C=O) groups is 1. The maximum atomic E-state index is 13.3. The number of aromatic nitrogens is 4. The molecule has 0 unspecified atom stereocenters. The van der Waals surface area contributed by atoms with Crippen LogP contribution in [0.1, 0.15) is 12.5 Å². The first kappa shape index (κ1) is 20.3. The molecule has 0 spiro atoms. The highest BCUT2D eigenvalue weighted by atomic mass is 16.5. The lowest BCUT2D eigenvalue weighted by Gasteiger charge is -2.23. The highest BCUT2D eigenvalue weighted by molar-refractivity contribution is 5.89. The number of hydrogen-bond donors (Lipinski definition) is 0. The average Bonchev–Trinajstić information content (AvgIpc) is 3.15. The van der Waals surface area contributed by atoms with Gasteiger partial charge in [-0.3, -0.25) is 23.3 Å². The summed E-state index contributed by atoms with van der Waals surface area (Å²) in [7, 11) is 2.86. The Morgan fingerprint density at radius 1 is 1.23 bits per heavy atom. The van der Waals surface area contributed by atoms with Crippen LogP contribution in [0.3, 0.4) is 0 Å². The van der Waals surface area contributed by atoms with Crippen LogP contribution < -0.4 is 16.3 Å². The summed E-state index contributed by atoms with van der Waals surface area (Å²) in [6, 6.07) is 9.62. The zero-order chi connectivity index (χ0) is 22.1. The van der Waals surface area contributed by atoms with E-state index in [1.165, 1.54) is 21.3 Å². The van der Waals surface area contributed by atoms with E-state index in [2.05, 4.69) is 10.1 Å². The lowest BCUT2D eigenvalue weighted by molar-refractivity contribution is -0.139. The minimum Gasteiger partial charge on any atom is -0.468 e. The molecule has 1 aliphatic rings. The quantitative estimate of drug-likeness (QED) is 0.568. The molecule has 0 saturated heterocycles. The van der Waals surface area contributed by atoms with E-state index in [9.17, 15) is 14.4 Å². The number of anilines is 1. The average molecular weight is 422 g/mol. The molecule has 0 fully saturated rings. The fourth-order valence-corrected chi connectivity index (χ4v) is 3.53. The summed E-state index contributed by atoms with van der Waals surface area (Å²) in [6.07, 6.45) is 3.63. The van der Waals surface area contributed by atoms with Gasteiger partial charge in [-0.2, -0.15) is 10.1 Å². The number of esters is 1. The molecular weight excluding hydrogens is 400 g/mol. The van der Waals surface area contributed by atoms with E-state index in [0.29, 0.717) is 18.2 Å². The van der Waals surface area contributed by atoms with Gasteiger partial charge in [0.2, 0.25) is 5.95 Å². The normalized spacial score (nSPS) is 13.5. The van der Waals surface area contributed by atoms with Gasteiger partial charge >= 0.3 is 11.7 Å². The topological polar surface area (TPSA) is 104 Å². The highest BCUT2D eigenvalue weighted by Crippen LogP contribution is 2.23. The first-order chi connectivity index (χ1) is 14.9. The molecule has 0 bridgehead atoms. The third kappa shape index (κ3) is 3.67. The number of benzene rings is 1. The summed E-state index contributed by atoms with van der Waals surface area (Å²) in [6.45, 7) is 2.09. The fourth-order valence-electron chi connectivity index (χ4n) is 3.53. The van der Waals surface area contributed by atoms with Gasteiger partial charge in [0.25, 0.3) is 5.56 Å². The van der Waals surface area contributed by atoms with Crippen LogP contribution in [0.5, 0.6) is 0 Å². The number of allylic oxidation sites excluding steroid dienone is 1. The third-order valence-corrected chi connectivity index (χ3v) is 5.03. The van der Waals surface area contributed by atoms with Crippen LogP contribution in [0.25, 0.3) is 17.2 Å². The van der Waals surface area contributed by atoms with E-state index in [0.717, 1.165) is 5.56 Å². The van der Waals surface area contributed by atoms with E-state index >= 15 is 0 Å². The van der Waals surface area contributed by atoms with Gasteiger partial charge in [0.1, 0.15) is 6.54 Å². The number of nitrogens with zero attached hydrogens (tertiary/aromatic N) is 6. The second-order valence-corrected chi connectivity index (χ2v) is 7.21. The first-order valence-electron chi connectivity index (χ1n) is 9.70. The summed E-state index contributed by atoms with van der Waals surface area (Å²) < 4.78 is 8.92. The molecule has 31 heavy (non-hydrogen) atoms. The number of aryl methyl sites for hydroxylation is 1. The number of carbonyl (C=O) groups excluding carboxylic acids is 1. The summed E-state index contributed by atoms with van der Waals surface area (Å²) in [4.78, 5) is 42.4. The van der Waals surface area contributed by atoms with Gasteiger partial charge in [0, 0.05) is 13.6 Å². The van der Waals surface area contributed by atoms with Crippen molar-refractivity contribution < 1.29 is 9.53 Å². The van der Waals surface area contributed by atoms with Gasteiger partial charge < -0.3 is 4.74 Å². The van der Waals surface area contributed by atoms with Crippen molar-refractivity contribution in [2.24, 2.45) is 12.1 Å². The van der Waals surface area contributed by atoms with E-state index in [-0.39, 0.29) is 24.3 Å². The number of imidazole rings is 1. The van der Waals surface area contributed by atoms with Crippen molar-refractivity contribution in [3.63, 3.8) is 0 Å². The van der Waals surface area contributed by atoms with Crippen molar-refractivity contribution >= 4 is 34.9 Å². The second-order valence-electron chi connectivity index (χ2n) is 7.21. The van der Waals surface area contributed by atoms with Crippen LogP contribution in [0.15, 0.2) is 51.1 Å². The van der Waals surface area contributed by atoms with E-state index < -0.39 is 17.2 Å². The number of ether oxygens (including phenoxy) is 1. The van der Waals surface area contributed by atoms with Crippen LogP contribution in [-0.2, 0) is 29.7 Å². The summed E-state index contributed by atoms with van der Waals surface area (Å²) >= 11 is 0. The minimum absolute atomic E-state index is 0.121. The Kier molecular flexibility index (Phi) is 5.28. The van der Waals surface area contributed by atoms with Gasteiger partial charge in [-0.15, -0.1) is 0 Å². The molecule has 0 radical (unpaired) electrons. The highest BCUT2D eigenvalue weighted by Gasteiger charge is 2.27. The predicted molar refractivity (Wildman–Crippen MR) is 117 cm³/mol. The van der Waals surface area contributed by atoms with Crippen molar-refractivity contribution in [1.29, 1.82) is 0 Å². The minimum atomic E-state index is -0.491. The van der Waals surface area contributed by atoms with Gasteiger partial charge in [0.15, 0.2) is 11.2 Å². The monoisotopic (exact) mass is 422 g/mol. The Balaban J connectivity index is 1.81. The van der Waals surface area contributed by atoms with E-state index in [4.69, 9.17) is 4.74 Å². The van der Waals surface area contributed by atoms with Crippen LogP contribution >= 0.6 is 0 Å². The molecule has 3 aromatic rings. The lowest BCUT2D eigenvalue weighted by atomic mass is 10.2. The standard InChI is InChI=1S/C21H22N6O4/c1-14-12-26-17-18(22-20(26)27(23-14)13-16(28)31-3)24(2)21(30)25(19(17)29)11-7-10-15-8-5-4-6-9-15/h4-10H,11-13H2,1-3H3. The zero-order valence-corrected chi connectivity index (χ0v) is 17.5. The van der Waals surface area contributed by atoms with Gasteiger partial charge in [0.05, 0.1) is 19.4 Å². The molecule has 0 aliphatic carbocycles. The molecule has 1 aromatic carbocycles. The fraction of sp³-hybridized carbons (Fsp3) is 0.286. The molecule has 0 saturated carbocycles. The third-order valence-electron chi connectivity index (χ3n) is 5.03. The van der Waals surface area contributed by atoms with Crippen LogP contribution in [0, 0.1) is 0 Å². The molecule has 4 rings (SSSR count). The number of hydrogen-bond acceptors (Lipinski definition) is 7. The second kappa shape index (κ2) is 8.05. The smallest absolute Gasteiger partial charge is 0.332 e. The van der Waals surface area contributed by atoms with Crippen molar-refractivity contribution in [3.05, 3.63) is 62.8 Å². The van der Waals surface area contributed by atoms with Crippen LogP contribution in [0.2, 0.25) is 0 Å². The number of methoxy groups -OCH3 is 1. The van der Waals surface area contributed by atoms with E-state index in [1.54, 1.807) is 24.6 Å². The Bertz CT molecular complexity index is 1330. The Morgan fingerprint density at radius 3 is 2.68 bits per heavy atom. The maximum Gasteiger partial charge on any atom is 0.332 e. The summed E-state index contributed by atoms with van der Waals surface area (Å²) in [5.74, 6) is -0.176. The van der Waals surface area contributed by atoms with Crippen LogP contribution in [-0.4, -0.2) is 44.0 Å². The predicted octanol–water partition coefficient (Wildman–Crippen LogP) is 0.979. The van der Waals surface area contributed by atoms with E-state index in [1.807, 2.05) is 36.4 Å². The molecule has 0 atom stereocenters. The van der Waals surface area contributed by atoms with Crippen molar-refractivity contribution in [3.8, 4) is 0 Å². The Labute approximate surface area is 177 Å². The summed E-state index contributed by atoms with van der Waals surface area (Å²) in [5, 5.41) is 5.74. The van der Waals surface area contributed by atoms with Crippen molar-refractivity contribution in [1.82, 2.24) is 18.7 Å². The maximum absolute atomic E-state index is 13.3. The lowest BCUT2D eigenvalue weighted by Crippen LogP contribution is -2.40. The largest absolute Gasteiger partial charge is 0.468 e. The first-order valence-corrected chi connectivity index (χ1v) is 9.70. The van der Waals surface area contributed by atoms with Crippen LogP contribution in [0.4, 0.5) is 5.95 Å². The molecule has 3 heterocycles. The molecule has 1 aliphatic heterocycles. The molecular formula is C21H22N6O4. The number of fused-ring (bicyclic) bond motifs is 3. The number of hydrazone groups is 1. The summed E-state index contributed by atoms with van der Waals surface area (Å²) in [5.41, 5.74) is 1.28. The van der Waals surface area contributed by atoms with Crippen molar-refractivity contribution in [2.45, 2.75) is 20.0 Å². The molecule has 10 heteroatoms. The Morgan fingerprint density at radius 2 is 1.97 bits per heavy atom. The van der Waals surface area contributed by atoms with Gasteiger partial charge in [-0.1, -0.05) is 42.5 Å². The SMILES string of the molecule is COC(=O)CN1N=C(C)Cn2c1nc1c2c(=O)n(CC=Cc2ccccc2)c(=O)n1C. The molecule has 0 amide bonds. The van der Waals surface area contributed by atoms with Gasteiger partial charge in [-0.25, -0.2) is 9.80 Å². The molecule has 2 aromatic heterocycles. The molecule has 160 valence electrons. The molecule has 0 N–H and O–H groups in total. The van der Waals surface area contributed by atoms with Crippen molar-refractivity contribution in [2.75, 3.05) is 18.7 Å². The van der Waals surface area contributed by atoms with Gasteiger partial charge in [-0.05, 0) is 12.5 Å². The number of rotatable bonds is 5. The zero-order valence-electron chi connectivity index (χ0n) is 17.5. The Hall–Kier alpha value is -3.95. The molecule has 10 nitrogen and oxygen atoms in total.